The van der Waals surface area contributed by atoms with Gasteiger partial charge in [0.15, 0.2) is 0 Å². The lowest BCUT2D eigenvalue weighted by Crippen LogP contribution is -2.36. The first-order valence-corrected chi connectivity index (χ1v) is 11.3. The van der Waals surface area contributed by atoms with Crippen LogP contribution < -0.4 is 10.8 Å². The van der Waals surface area contributed by atoms with E-state index in [9.17, 15) is 4.79 Å². The summed E-state index contributed by atoms with van der Waals surface area (Å²) in [6.07, 6.45) is 7.46. The first kappa shape index (κ1) is 23.8. The van der Waals surface area contributed by atoms with Crippen molar-refractivity contribution in [2.24, 2.45) is 10.9 Å². The standard InChI is InChI=1S/C25H35N5O2/c1-5-21(25(31)28-32)16-27-19(4)29-12-10-20(11-13-29)14-26-15-22-17-30(18(2)3)24-9-7-6-8-23(22)24/h5-9,16-18,20,26,32H,4,10-15H2,1-3H3,(H,28,31)/b21-5+,27-16-. The molecule has 1 fully saturated rings. The number of piperidine rings is 1. The zero-order chi connectivity index (χ0) is 23.1. The second-order valence-electron chi connectivity index (χ2n) is 8.59. The number of hydrogen-bond acceptors (Lipinski definition) is 5. The Labute approximate surface area is 190 Å². The number of allylic oxidation sites excluding steroid dienone is 1. The lowest BCUT2D eigenvalue weighted by atomic mass is 9.97. The smallest absolute Gasteiger partial charge is 0.275 e. The van der Waals surface area contributed by atoms with Gasteiger partial charge < -0.3 is 14.8 Å². The Balaban J connectivity index is 1.48. The summed E-state index contributed by atoms with van der Waals surface area (Å²) in [5.74, 6) is 0.682. The van der Waals surface area contributed by atoms with E-state index in [0.29, 0.717) is 23.4 Å². The van der Waals surface area contributed by atoms with E-state index in [1.165, 1.54) is 22.7 Å². The zero-order valence-electron chi connectivity index (χ0n) is 19.3. The molecule has 0 radical (unpaired) electrons. The molecule has 0 bridgehead atoms. The van der Waals surface area contributed by atoms with E-state index in [2.05, 4.69) is 70.7 Å². The molecule has 1 aromatic carbocycles. The maximum absolute atomic E-state index is 11.5. The third-order valence-corrected chi connectivity index (χ3v) is 6.13. The van der Waals surface area contributed by atoms with E-state index in [1.807, 2.05) is 0 Å². The number of para-hydroxylation sites is 1. The van der Waals surface area contributed by atoms with Crippen molar-refractivity contribution in [1.82, 2.24) is 20.3 Å². The summed E-state index contributed by atoms with van der Waals surface area (Å²) >= 11 is 0. The predicted molar refractivity (Wildman–Crippen MR) is 130 cm³/mol. The van der Waals surface area contributed by atoms with E-state index in [-0.39, 0.29) is 0 Å². The molecule has 7 nitrogen and oxygen atoms in total. The molecule has 1 saturated heterocycles. The van der Waals surface area contributed by atoms with E-state index < -0.39 is 5.91 Å². The number of likely N-dealkylation sites (tertiary alicyclic amines) is 1. The Kier molecular flexibility index (Phi) is 8.25. The van der Waals surface area contributed by atoms with Gasteiger partial charge in [-0.25, -0.2) is 10.5 Å². The number of nitrogens with one attached hydrogen (secondary N) is 2. The lowest BCUT2D eigenvalue weighted by Gasteiger charge is -2.33. The van der Waals surface area contributed by atoms with E-state index in [1.54, 1.807) is 18.5 Å². The molecule has 0 unspecified atom stereocenters. The molecular weight excluding hydrogens is 402 g/mol. The molecule has 2 aromatic rings. The summed E-state index contributed by atoms with van der Waals surface area (Å²) < 4.78 is 2.35. The molecule has 1 aromatic heterocycles. The largest absolute Gasteiger partial charge is 0.357 e. The van der Waals surface area contributed by atoms with Crippen molar-refractivity contribution >= 4 is 23.0 Å². The Morgan fingerprint density at radius 2 is 2.03 bits per heavy atom. The fraction of sp³-hybridized carbons (Fsp3) is 0.440. The summed E-state index contributed by atoms with van der Waals surface area (Å²) in [5.41, 5.74) is 4.56. The molecule has 3 N–H and O–H groups in total. The van der Waals surface area contributed by atoms with Crippen molar-refractivity contribution in [3.63, 3.8) is 0 Å². The van der Waals surface area contributed by atoms with Crippen molar-refractivity contribution in [1.29, 1.82) is 0 Å². The number of amides is 1. The minimum absolute atomic E-state index is 0.298. The monoisotopic (exact) mass is 437 g/mol. The minimum atomic E-state index is -0.578. The van der Waals surface area contributed by atoms with Gasteiger partial charge >= 0.3 is 0 Å². The number of hydrogen-bond donors (Lipinski definition) is 3. The van der Waals surface area contributed by atoms with E-state index >= 15 is 0 Å². The zero-order valence-corrected chi connectivity index (χ0v) is 19.3. The summed E-state index contributed by atoms with van der Waals surface area (Å²) in [6.45, 7) is 13.8. The number of nitrogens with zero attached hydrogens (tertiary/aromatic N) is 3. The van der Waals surface area contributed by atoms with Crippen LogP contribution in [0.25, 0.3) is 10.9 Å². The Bertz CT molecular complexity index is 997. The van der Waals surface area contributed by atoms with Gasteiger partial charge in [-0.05, 0) is 57.7 Å². The quantitative estimate of drug-likeness (QED) is 0.240. The van der Waals surface area contributed by atoms with Crippen LogP contribution in [-0.4, -0.2) is 46.4 Å². The van der Waals surface area contributed by atoms with Gasteiger partial charge in [-0.15, -0.1) is 0 Å². The first-order valence-electron chi connectivity index (χ1n) is 11.3. The van der Waals surface area contributed by atoms with Crippen molar-refractivity contribution in [3.05, 3.63) is 60.1 Å². The fourth-order valence-electron chi connectivity index (χ4n) is 4.21. The predicted octanol–water partition coefficient (Wildman–Crippen LogP) is 4.02. The summed E-state index contributed by atoms with van der Waals surface area (Å²) in [4.78, 5) is 18.0. The topological polar surface area (TPSA) is 81.9 Å². The van der Waals surface area contributed by atoms with Gasteiger partial charge in [-0.1, -0.05) is 30.9 Å². The Hall–Kier alpha value is -2.90. The highest BCUT2D eigenvalue weighted by Crippen LogP contribution is 2.25. The fourth-order valence-corrected chi connectivity index (χ4v) is 4.21. The van der Waals surface area contributed by atoms with Gasteiger partial charge in [-0.2, -0.15) is 0 Å². The van der Waals surface area contributed by atoms with Gasteiger partial charge in [0.25, 0.3) is 5.91 Å². The van der Waals surface area contributed by atoms with Gasteiger partial charge in [0, 0.05) is 49.0 Å². The van der Waals surface area contributed by atoms with Crippen LogP contribution >= 0.6 is 0 Å². The molecule has 0 spiro atoms. The van der Waals surface area contributed by atoms with Crippen LogP contribution in [-0.2, 0) is 11.3 Å². The second kappa shape index (κ2) is 11.1. The second-order valence-corrected chi connectivity index (χ2v) is 8.59. The molecule has 1 aliphatic rings. The summed E-state index contributed by atoms with van der Waals surface area (Å²) in [5, 5.41) is 13.8. The maximum atomic E-state index is 11.5. The van der Waals surface area contributed by atoms with Gasteiger partial charge in [0.05, 0.1) is 5.57 Å². The van der Waals surface area contributed by atoms with Crippen molar-refractivity contribution in [3.8, 4) is 0 Å². The number of aromatic nitrogens is 1. The number of rotatable bonds is 9. The summed E-state index contributed by atoms with van der Waals surface area (Å²) in [6, 6.07) is 9.05. The SMILES string of the molecule is C=C(/N=C\C(=C/C)C(=O)NO)N1CCC(CNCc2cn(C(C)C)c3ccccc23)CC1. The Morgan fingerprint density at radius 3 is 2.69 bits per heavy atom. The highest BCUT2D eigenvalue weighted by atomic mass is 16.5. The van der Waals surface area contributed by atoms with Gasteiger partial charge in [-0.3, -0.25) is 10.0 Å². The van der Waals surface area contributed by atoms with Crippen LogP contribution in [0.3, 0.4) is 0 Å². The molecule has 3 rings (SSSR count). The molecule has 172 valence electrons. The maximum Gasteiger partial charge on any atom is 0.275 e. The van der Waals surface area contributed by atoms with Crippen LogP contribution in [0.15, 0.2) is 59.5 Å². The molecule has 32 heavy (non-hydrogen) atoms. The molecule has 2 heterocycles. The Morgan fingerprint density at radius 1 is 1.31 bits per heavy atom. The number of benzene rings is 1. The third-order valence-electron chi connectivity index (χ3n) is 6.13. The van der Waals surface area contributed by atoms with Crippen LogP contribution in [0.2, 0.25) is 0 Å². The molecular formula is C25H35N5O2. The number of carbonyl (C=O) groups excluding carboxylic acids is 1. The number of carbonyl (C=O) groups is 1. The van der Waals surface area contributed by atoms with Crippen molar-refractivity contribution in [2.45, 2.75) is 46.2 Å². The van der Waals surface area contributed by atoms with Crippen molar-refractivity contribution < 1.29 is 10.0 Å². The summed E-state index contributed by atoms with van der Waals surface area (Å²) in [7, 11) is 0. The molecule has 1 aliphatic heterocycles. The molecule has 0 aliphatic carbocycles. The average Bonchev–Trinajstić information content (AvgIpc) is 3.18. The molecule has 0 saturated carbocycles. The van der Waals surface area contributed by atoms with Crippen LogP contribution in [0.5, 0.6) is 0 Å². The van der Waals surface area contributed by atoms with Crippen LogP contribution in [0.1, 0.15) is 45.2 Å². The number of hydroxylamine groups is 1. The lowest BCUT2D eigenvalue weighted by molar-refractivity contribution is -0.124. The normalized spacial score (nSPS) is 15.8. The third kappa shape index (κ3) is 5.66. The number of aliphatic imine (C=N–C) groups is 1. The molecule has 7 heteroatoms. The minimum Gasteiger partial charge on any atom is -0.357 e. The van der Waals surface area contributed by atoms with Gasteiger partial charge in [0.1, 0.15) is 5.82 Å². The van der Waals surface area contributed by atoms with E-state index in [0.717, 1.165) is 39.0 Å². The van der Waals surface area contributed by atoms with Gasteiger partial charge in [0.2, 0.25) is 0 Å². The first-order chi connectivity index (χ1) is 15.4. The highest BCUT2D eigenvalue weighted by Gasteiger charge is 2.20. The molecule has 1 amide bonds. The van der Waals surface area contributed by atoms with Crippen molar-refractivity contribution in [2.75, 3.05) is 19.6 Å². The number of fused-ring (bicyclic) bond motifs is 1. The average molecular weight is 438 g/mol. The molecule has 0 atom stereocenters. The van der Waals surface area contributed by atoms with Crippen LogP contribution in [0.4, 0.5) is 0 Å². The van der Waals surface area contributed by atoms with E-state index in [4.69, 9.17) is 5.21 Å². The highest BCUT2D eigenvalue weighted by molar-refractivity contribution is 6.11. The van der Waals surface area contributed by atoms with Crippen LogP contribution in [0, 0.1) is 5.92 Å².